The molecule has 3 saturated heterocycles. The predicted molar refractivity (Wildman–Crippen MR) is 166 cm³/mol. The summed E-state index contributed by atoms with van der Waals surface area (Å²) in [6, 6.07) is 24.0. The summed E-state index contributed by atoms with van der Waals surface area (Å²) in [5.74, 6) is -0.917. The first-order chi connectivity index (χ1) is 18.9. The van der Waals surface area contributed by atoms with E-state index in [9.17, 15) is 13.9 Å². The van der Waals surface area contributed by atoms with Crippen LogP contribution in [0.5, 0.6) is 0 Å². The molecule has 2 bridgehead atoms. The lowest BCUT2D eigenvalue weighted by molar-refractivity contribution is -0.958. The maximum atomic E-state index is 14.3. The molecular formula is C35H47Br2F2NO. The van der Waals surface area contributed by atoms with E-state index in [4.69, 9.17) is 0 Å². The molecule has 0 spiro atoms. The molecule has 226 valence electrons. The standard InChI is InChI=1S/C27H28F2NO.C8H18.2BrH/c28-24-12-7-13-25(29)23(24)20-30-17-14-26(15-18-30,16-19-30)27(31,21-8-3-1-4-9-21)22-10-5-2-6-11-22;1-3-5-7-8-6-4-2;;/h1-13,31H,14-20H2;3-8H2,1-2H3;2*1H/q+1;;;/p-1. The van der Waals surface area contributed by atoms with E-state index >= 15 is 0 Å². The Labute approximate surface area is 267 Å². The number of quaternary nitrogens is 1. The van der Waals surface area contributed by atoms with Crippen LogP contribution in [0.25, 0.3) is 0 Å². The third-order valence-electron chi connectivity index (χ3n) is 9.36. The van der Waals surface area contributed by atoms with Crippen LogP contribution in [-0.2, 0) is 12.1 Å². The Hall–Kier alpha value is -1.60. The van der Waals surface area contributed by atoms with Gasteiger partial charge in [-0.3, -0.25) is 0 Å². The zero-order chi connectivity index (χ0) is 27.8. The molecule has 0 atom stereocenters. The lowest BCUT2D eigenvalue weighted by Crippen LogP contribution is -3.00. The third-order valence-corrected chi connectivity index (χ3v) is 9.36. The topological polar surface area (TPSA) is 20.2 Å². The fourth-order valence-electron chi connectivity index (χ4n) is 6.85. The van der Waals surface area contributed by atoms with E-state index < -0.39 is 17.2 Å². The number of aliphatic hydroxyl groups is 1. The third kappa shape index (κ3) is 7.87. The van der Waals surface area contributed by atoms with Crippen LogP contribution in [0.4, 0.5) is 8.78 Å². The SMILES string of the molecule is Br.CCCCCCCC.OC(c1ccccc1)(c1ccccc1)C12CC[N+](Cc3c(F)cccc3F)(CC1)CC2.[Br-]. The van der Waals surface area contributed by atoms with E-state index in [1.165, 1.54) is 56.7 Å². The Kier molecular flexibility index (Phi) is 14.2. The van der Waals surface area contributed by atoms with Crippen LogP contribution in [0.3, 0.4) is 0 Å². The Bertz CT molecular complexity index is 1090. The quantitative estimate of drug-likeness (QED) is 0.194. The number of hydrogen-bond donors (Lipinski definition) is 1. The van der Waals surface area contributed by atoms with Crippen LogP contribution < -0.4 is 17.0 Å². The van der Waals surface area contributed by atoms with Gasteiger partial charge in [-0.25, -0.2) is 8.78 Å². The normalized spacial score (nSPS) is 21.2. The van der Waals surface area contributed by atoms with Crippen molar-refractivity contribution >= 4 is 17.0 Å². The molecule has 3 aromatic rings. The summed E-state index contributed by atoms with van der Waals surface area (Å²) in [5.41, 5.74) is 0.656. The second kappa shape index (κ2) is 16.3. The molecule has 3 aliphatic rings. The first kappa shape index (κ1) is 35.6. The van der Waals surface area contributed by atoms with Gasteiger partial charge >= 0.3 is 0 Å². The number of unbranched alkanes of at least 4 members (excludes halogenated alkanes) is 5. The van der Waals surface area contributed by atoms with Gasteiger partial charge in [-0.1, -0.05) is 119 Å². The number of hydrogen-bond acceptors (Lipinski definition) is 1. The van der Waals surface area contributed by atoms with Crippen molar-refractivity contribution in [1.29, 1.82) is 0 Å². The number of fused-ring (bicyclic) bond motifs is 3. The highest BCUT2D eigenvalue weighted by atomic mass is 79.9. The van der Waals surface area contributed by atoms with Crippen molar-refractivity contribution in [2.24, 2.45) is 5.41 Å². The van der Waals surface area contributed by atoms with Gasteiger partial charge in [-0.2, -0.15) is 0 Å². The van der Waals surface area contributed by atoms with E-state index in [-0.39, 0.29) is 44.9 Å². The second-order valence-electron chi connectivity index (χ2n) is 11.8. The summed E-state index contributed by atoms with van der Waals surface area (Å²) in [4.78, 5) is 0. The first-order valence-electron chi connectivity index (χ1n) is 15.0. The maximum Gasteiger partial charge on any atom is 0.135 e. The Morgan fingerprint density at radius 3 is 1.49 bits per heavy atom. The van der Waals surface area contributed by atoms with Crippen molar-refractivity contribution in [3.63, 3.8) is 0 Å². The Morgan fingerprint density at radius 2 is 1.10 bits per heavy atom. The van der Waals surface area contributed by atoms with Crippen molar-refractivity contribution in [3.8, 4) is 0 Å². The minimum atomic E-state index is -1.09. The zero-order valence-corrected chi connectivity index (χ0v) is 27.9. The van der Waals surface area contributed by atoms with Crippen LogP contribution in [0.2, 0.25) is 0 Å². The summed E-state index contributed by atoms with van der Waals surface area (Å²) in [6.07, 6.45) is 11.0. The minimum Gasteiger partial charge on any atom is -1.00 e. The summed E-state index contributed by atoms with van der Waals surface area (Å²) >= 11 is 0. The highest BCUT2D eigenvalue weighted by Crippen LogP contribution is 2.57. The summed E-state index contributed by atoms with van der Waals surface area (Å²) < 4.78 is 29.4. The van der Waals surface area contributed by atoms with Gasteiger partial charge < -0.3 is 26.6 Å². The van der Waals surface area contributed by atoms with Crippen LogP contribution in [0, 0.1) is 17.0 Å². The van der Waals surface area contributed by atoms with Crippen molar-refractivity contribution in [3.05, 3.63) is 107 Å². The molecule has 41 heavy (non-hydrogen) atoms. The number of piperidine rings is 3. The van der Waals surface area contributed by atoms with E-state index in [1.807, 2.05) is 60.7 Å². The molecule has 6 heteroatoms. The molecule has 0 aliphatic carbocycles. The second-order valence-corrected chi connectivity index (χ2v) is 11.8. The average Bonchev–Trinajstić information content (AvgIpc) is 2.99. The van der Waals surface area contributed by atoms with Crippen LogP contribution >= 0.6 is 17.0 Å². The van der Waals surface area contributed by atoms with Crippen molar-refractivity contribution in [2.45, 2.75) is 83.8 Å². The highest BCUT2D eigenvalue weighted by Gasteiger charge is 2.60. The van der Waals surface area contributed by atoms with Gasteiger partial charge in [-0.15, -0.1) is 17.0 Å². The molecule has 0 unspecified atom stereocenters. The van der Waals surface area contributed by atoms with Crippen molar-refractivity contribution in [2.75, 3.05) is 19.6 Å². The lowest BCUT2D eigenvalue weighted by atomic mass is 9.56. The summed E-state index contributed by atoms with van der Waals surface area (Å²) in [7, 11) is 0. The van der Waals surface area contributed by atoms with Crippen LogP contribution in [-0.4, -0.2) is 29.2 Å². The van der Waals surface area contributed by atoms with E-state index in [0.29, 0.717) is 11.0 Å². The van der Waals surface area contributed by atoms with Gasteiger partial charge in [0, 0.05) is 24.7 Å². The summed E-state index contributed by atoms with van der Waals surface area (Å²) in [5, 5.41) is 12.4. The molecule has 3 aromatic carbocycles. The molecule has 1 N–H and O–H groups in total. The fourth-order valence-corrected chi connectivity index (χ4v) is 6.85. The van der Waals surface area contributed by atoms with Crippen LogP contribution in [0.1, 0.15) is 88.3 Å². The zero-order valence-electron chi connectivity index (χ0n) is 24.6. The van der Waals surface area contributed by atoms with Gasteiger partial charge in [0.1, 0.15) is 23.8 Å². The molecule has 0 aromatic heterocycles. The molecule has 6 rings (SSSR count). The first-order valence-corrected chi connectivity index (χ1v) is 15.0. The number of benzene rings is 3. The van der Waals surface area contributed by atoms with E-state index in [1.54, 1.807) is 0 Å². The smallest absolute Gasteiger partial charge is 0.135 e. The van der Waals surface area contributed by atoms with Gasteiger partial charge in [0.05, 0.1) is 25.2 Å². The van der Waals surface area contributed by atoms with Gasteiger partial charge in [0.25, 0.3) is 0 Å². The molecule has 0 amide bonds. The molecule has 3 heterocycles. The number of halogens is 4. The largest absolute Gasteiger partial charge is 1.00 e. The maximum absolute atomic E-state index is 14.3. The van der Waals surface area contributed by atoms with Crippen molar-refractivity contribution in [1.82, 2.24) is 0 Å². The molecule has 0 radical (unpaired) electrons. The molecule has 3 fully saturated rings. The molecule has 2 nitrogen and oxygen atoms in total. The fraction of sp³-hybridized carbons (Fsp3) is 0.486. The minimum absolute atomic E-state index is 0. The van der Waals surface area contributed by atoms with E-state index in [2.05, 4.69) is 13.8 Å². The number of rotatable bonds is 10. The van der Waals surface area contributed by atoms with Gasteiger partial charge in [0.2, 0.25) is 0 Å². The van der Waals surface area contributed by atoms with Crippen LogP contribution in [0.15, 0.2) is 78.9 Å². The monoisotopic (exact) mass is 693 g/mol. The van der Waals surface area contributed by atoms with Gasteiger partial charge in [0.15, 0.2) is 0 Å². The highest BCUT2D eigenvalue weighted by molar-refractivity contribution is 8.93. The number of nitrogens with zero attached hydrogens (tertiary/aromatic N) is 1. The Balaban J connectivity index is 0.000000520. The molecular weight excluding hydrogens is 648 g/mol. The van der Waals surface area contributed by atoms with Crippen molar-refractivity contribution < 1.29 is 35.4 Å². The Morgan fingerprint density at radius 1 is 0.683 bits per heavy atom. The lowest BCUT2D eigenvalue weighted by Gasteiger charge is -2.60. The average molecular weight is 696 g/mol. The van der Waals surface area contributed by atoms with E-state index in [0.717, 1.165) is 50.0 Å². The predicted octanol–water partition coefficient (Wildman–Crippen LogP) is 6.35. The molecule has 3 aliphatic heterocycles. The summed E-state index contributed by atoms with van der Waals surface area (Å²) in [6.45, 7) is 7.34. The van der Waals surface area contributed by atoms with Gasteiger partial charge in [-0.05, 0) is 23.3 Å². The molecule has 0 saturated carbocycles.